The maximum atomic E-state index is 12.6. The molecule has 0 spiro atoms. The Bertz CT molecular complexity index is 882. The minimum atomic E-state index is -5.86. The van der Waals surface area contributed by atoms with E-state index in [0.717, 1.165) is 12.1 Å². The smallest absolute Gasteiger partial charge is 0.482 e. The van der Waals surface area contributed by atoms with Crippen molar-refractivity contribution < 1.29 is 68.4 Å². The average molecular weight is 528 g/mol. The number of benzene rings is 1. The molecule has 17 heteroatoms. The van der Waals surface area contributed by atoms with E-state index in [4.69, 9.17) is 9.84 Å². The highest BCUT2D eigenvalue weighted by molar-refractivity contribution is 5.68. The normalized spacial score (nSPS) is 15.8. The van der Waals surface area contributed by atoms with Crippen molar-refractivity contribution in [2.45, 2.75) is 31.4 Å². The topological polar surface area (TPSA) is 88.5 Å². The molecule has 8 nitrogen and oxygen atoms in total. The molecule has 0 aliphatic carbocycles. The molecule has 0 unspecified atom stereocenters. The van der Waals surface area contributed by atoms with Gasteiger partial charge in [0.05, 0.1) is 0 Å². The second-order valence-corrected chi connectivity index (χ2v) is 7.15. The molecule has 0 saturated carbocycles. The molecule has 1 aromatic carbocycles. The van der Waals surface area contributed by atoms with Gasteiger partial charge in [0.15, 0.2) is 6.61 Å². The van der Waals surface area contributed by atoms with Gasteiger partial charge in [0.1, 0.15) is 11.5 Å². The Labute approximate surface area is 190 Å². The molecule has 1 aliphatic rings. The van der Waals surface area contributed by atoms with Crippen LogP contribution in [0.4, 0.5) is 44.3 Å². The van der Waals surface area contributed by atoms with E-state index in [9.17, 15) is 49.1 Å². The minimum Gasteiger partial charge on any atom is -0.482 e. The molecular weight excluding hydrogens is 511 g/mol. The Kier molecular flexibility index (Phi) is 8.56. The second kappa shape index (κ2) is 10.7. The number of carboxylic acid groups (broad SMARTS) is 1. The zero-order chi connectivity index (χ0) is 26.6. The molecule has 1 saturated heterocycles. The summed E-state index contributed by atoms with van der Waals surface area (Å²) in [6.45, 7) is -1.76. The van der Waals surface area contributed by atoms with E-state index >= 15 is 0 Å². The van der Waals surface area contributed by atoms with Gasteiger partial charge in [-0.05, 0) is 17.7 Å². The van der Waals surface area contributed by atoms with Gasteiger partial charge >= 0.3 is 30.8 Å². The van der Waals surface area contributed by atoms with Gasteiger partial charge in [0.2, 0.25) is 0 Å². The number of carboxylic acids is 1. The number of amides is 1. The van der Waals surface area contributed by atoms with Gasteiger partial charge < -0.3 is 24.2 Å². The maximum Gasteiger partial charge on any atom is 0.573 e. The van der Waals surface area contributed by atoms with E-state index in [-0.39, 0.29) is 44.0 Å². The van der Waals surface area contributed by atoms with Crippen LogP contribution in [0.2, 0.25) is 0 Å². The lowest BCUT2D eigenvalue weighted by molar-refractivity contribution is -0.308. The Morgan fingerprint density at radius 3 is 1.91 bits per heavy atom. The SMILES string of the molecule is O=C(O)COc1cc(CN2CCN(C(=O)OC(C(F)(F)F)C(F)(F)F)CC2)cc(OC(F)(F)F)c1. The highest BCUT2D eigenvalue weighted by Crippen LogP contribution is 2.36. The average Bonchev–Trinajstić information content (AvgIpc) is 2.67. The van der Waals surface area contributed by atoms with Crippen molar-refractivity contribution in [1.29, 1.82) is 0 Å². The molecule has 0 atom stereocenters. The van der Waals surface area contributed by atoms with Crippen LogP contribution in [0, 0.1) is 0 Å². The Morgan fingerprint density at radius 1 is 0.886 bits per heavy atom. The van der Waals surface area contributed by atoms with Crippen LogP contribution in [-0.2, 0) is 16.1 Å². The van der Waals surface area contributed by atoms with Gasteiger partial charge in [-0.15, -0.1) is 13.2 Å². The monoisotopic (exact) mass is 528 g/mol. The summed E-state index contributed by atoms with van der Waals surface area (Å²) in [4.78, 5) is 24.6. The number of carbonyl (C=O) groups excluding carboxylic acids is 1. The van der Waals surface area contributed by atoms with Gasteiger partial charge in [-0.2, -0.15) is 26.3 Å². The first-order chi connectivity index (χ1) is 15.9. The van der Waals surface area contributed by atoms with Crippen molar-refractivity contribution in [3.8, 4) is 11.5 Å². The summed E-state index contributed by atoms with van der Waals surface area (Å²) in [6.07, 6.45) is -22.9. The minimum absolute atomic E-state index is 0.0759. The van der Waals surface area contributed by atoms with Crippen molar-refractivity contribution in [2.24, 2.45) is 0 Å². The summed E-state index contributed by atoms with van der Waals surface area (Å²) >= 11 is 0. The molecule has 35 heavy (non-hydrogen) atoms. The van der Waals surface area contributed by atoms with E-state index < -0.39 is 49.2 Å². The zero-order valence-electron chi connectivity index (χ0n) is 17.3. The first-order valence-electron chi connectivity index (χ1n) is 9.49. The first kappa shape index (κ1) is 28.1. The summed E-state index contributed by atoms with van der Waals surface area (Å²) in [5, 5.41) is 8.66. The number of piperazine rings is 1. The number of hydrogen-bond donors (Lipinski definition) is 1. The number of alkyl halides is 9. The van der Waals surface area contributed by atoms with Crippen LogP contribution in [-0.4, -0.2) is 84.6 Å². The van der Waals surface area contributed by atoms with Crippen molar-refractivity contribution in [2.75, 3.05) is 32.8 Å². The Hall–Kier alpha value is -3.11. The zero-order valence-corrected chi connectivity index (χ0v) is 17.3. The summed E-state index contributed by atoms with van der Waals surface area (Å²) in [5.41, 5.74) is 0.164. The maximum absolute atomic E-state index is 12.6. The van der Waals surface area contributed by atoms with E-state index in [1.54, 1.807) is 0 Å². The number of ether oxygens (including phenoxy) is 3. The molecule has 0 aromatic heterocycles. The number of rotatable bonds is 7. The first-order valence-corrected chi connectivity index (χ1v) is 9.49. The second-order valence-electron chi connectivity index (χ2n) is 7.15. The molecule has 1 N–H and O–H groups in total. The summed E-state index contributed by atoms with van der Waals surface area (Å²) < 4.78 is 125. The molecule has 0 bridgehead atoms. The van der Waals surface area contributed by atoms with E-state index in [1.165, 1.54) is 11.0 Å². The van der Waals surface area contributed by atoms with Crippen LogP contribution < -0.4 is 9.47 Å². The number of aliphatic carboxylic acids is 1. The predicted molar refractivity (Wildman–Crippen MR) is 95.5 cm³/mol. The molecular formula is C18H17F9N2O6. The van der Waals surface area contributed by atoms with E-state index in [2.05, 4.69) is 9.47 Å². The quantitative estimate of drug-likeness (QED) is 0.539. The van der Waals surface area contributed by atoms with Gasteiger partial charge in [0, 0.05) is 38.8 Å². The third-order valence-electron chi connectivity index (χ3n) is 4.39. The molecule has 1 fully saturated rings. The summed E-state index contributed by atoms with van der Waals surface area (Å²) in [7, 11) is 0. The van der Waals surface area contributed by atoms with Crippen LogP contribution in [0.15, 0.2) is 18.2 Å². The van der Waals surface area contributed by atoms with Crippen LogP contribution in [0.1, 0.15) is 5.56 Å². The third kappa shape index (κ3) is 9.22. The van der Waals surface area contributed by atoms with Gasteiger partial charge in [-0.1, -0.05) is 0 Å². The third-order valence-corrected chi connectivity index (χ3v) is 4.39. The molecule has 2 rings (SSSR count). The fourth-order valence-corrected chi connectivity index (χ4v) is 2.98. The number of nitrogens with zero attached hydrogens (tertiary/aromatic N) is 2. The Morgan fingerprint density at radius 2 is 1.43 bits per heavy atom. The lowest BCUT2D eigenvalue weighted by atomic mass is 10.1. The number of hydrogen-bond acceptors (Lipinski definition) is 6. The summed E-state index contributed by atoms with van der Waals surface area (Å²) in [6, 6.07) is 3.02. The summed E-state index contributed by atoms with van der Waals surface area (Å²) in [5.74, 6) is -2.35. The predicted octanol–water partition coefficient (Wildman–Crippen LogP) is 3.80. The van der Waals surface area contributed by atoms with Gasteiger partial charge in [-0.3, -0.25) is 4.90 Å². The molecule has 0 radical (unpaired) electrons. The van der Waals surface area contributed by atoms with E-state index in [1.807, 2.05) is 0 Å². The molecule has 1 aromatic rings. The van der Waals surface area contributed by atoms with Crippen molar-refractivity contribution in [1.82, 2.24) is 9.80 Å². The number of halogens is 9. The van der Waals surface area contributed by atoms with Crippen LogP contribution in [0.3, 0.4) is 0 Å². The van der Waals surface area contributed by atoms with E-state index in [0.29, 0.717) is 4.90 Å². The lowest BCUT2D eigenvalue weighted by Gasteiger charge is -2.35. The fourth-order valence-electron chi connectivity index (χ4n) is 2.98. The van der Waals surface area contributed by atoms with Crippen molar-refractivity contribution in [3.05, 3.63) is 23.8 Å². The van der Waals surface area contributed by atoms with Gasteiger partial charge in [-0.25, -0.2) is 9.59 Å². The highest BCUT2D eigenvalue weighted by Gasteiger charge is 2.60. The largest absolute Gasteiger partial charge is 0.573 e. The van der Waals surface area contributed by atoms with Crippen LogP contribution in [0.5, 0.6) is 11.5 Å². The van der Waals surface area contributed by atoms with Crippen LogP contribution in [0.25, 0.3) is 0 Å². The lowest BCUT2D eigenvalue weighted by Crippen LogP contribution is -2.52. The highest BCUT2D eigenvalue weighted by atomic mass is 19.4. The molecule has 198 valence electrons. The van der Waals surface area contributed by atoms with Gasteiger partial charge in [0.25, 0.3) is 6.10 Å². The van der Waals surface area contributed by atoms with Crippen LogP contribution >= 0.6 is 0 Å². The number of carbonyl (C=O) groups is 2. The van der Waals surface area contributed by atoms with Crippen molar-refractivity contribution in [3.63, 3.8) is 0 Å². The molecule has 1 heterocycles. The molecule has 1 aliphatic heterocycles. The molecule has 1 amide bonds. The fraction of sp³-hybridized carbons (Fsp3) is 0.556. The Balaban J connectivity index is 2.03. The standard InChI is InChI=1S/C18H17F9N2O6/c19-16(20,21)14(17(22,23)24)34-15(32)29-3-1-28(2-4-29)8-10-5-11(33-9-13(30)31)7-12(6-10)35-18(25,26)27/h5-7,14H,1-4,8-9H2,(H,30,31). The van der Waals surface area contributed by atoms with Crippen molar-refractivity contribution >= 4 is 12.1 Å².